The van der Waals surface area contributed by atoms with Gasteiger partial charge in [-0.05, 0) is 98.6 Å². The second-order valence-corrected chi connectivity index (χ2v) is 23.0. The summed E-state index contributed by atoms with van der Waals surface area (Å²) in [6, 6.07) is 12.9. The van der Waals surface area contributed by atoms with Crippen LogP contribution in [0, 0.1) is 0 Å². The lowest BCUT2D eigenvalue weighted by molar-refractivity contribution is 0.0487. The van der Waals surface area contributed by atoms with Crippen LogP contribution in [-0.4, -0.2) is 25.2 Å². The lowest BCUT2D eigenvalue weighted by atomic mass is 9.91. The topological polar surface area (TPSA) is 52.6 Å². The van der Waals surface area contributed by atoms with Crippen molar-refractivity contribution in [1.29, 1.82) is 0 Å². The molecule has 0 N–H and O–H groups in total. The molecule has 2 aromatic rings. The monoisotopic (exact) mass is 1030 g/mol. The largest absolute Gasteiger partial charge is 0.462 e. The molecule has 0 aromatic heterocycles. The number of benzene rings is 2. The molecule has 2 aromatic carbocycles. The fraction of sp³-hybridized carbons (Fsp3) is 0.800. The zero-order valence-electron chi connectivity index (χ0n) is 49.9. The van der Waals surface area contributed by atoms with Crippen LogP contribution in [0.1, 0.15) is 366 Å². The third-order valence-electron chi connectivity index (χ3n) is 16.2. The molecular weight excluding hydrogens is 905 g/mol. The van der Waals surface area contributed by atoms with E-state index in [4.69, 9.17) is 9.47 Å². The number of hydrogen-bond acceptors (Lipinski definition) is 4. The van der Waals surface area contributed by atoms with Crippen LogP contribution in [0.4, 0.5) is 0 Å². The van der Waals surface area contributed by atoms with Gasteiger partial charge in [-0.3, -0.25) is 0 Å². The number of carbonyl (C=O) groups is 2. The van der Waals surface area contributed by atoms with Gasteiger partial charge < -0.3 is 9.47 Å². The molecule has 0 heterocycles. The quantitative estimate of drug-likeness (QED) is 0.0489. The molecule has 0 atom stereocenters. The second-order valence-electron chi connectivity index (χ2n) is 23.0. The molecule has 4 heteroatoms. The Hall–Kier alpha value is -2.62. The molecule has 0 saturated heterocycles. The number of ether oxygens (including phenoxy) is 2. The van der Waals surface area contributed by atoms with E-state index in [0.29, 0.717) is 13.2 Å². The highest BCUT2D eigenvalue weighted by Gasteiger charge is 2.18. The van der Waals surface area contributed by atoms with Crippen molar-refractivity contribution in [2.45, 2.75) is 349 Å². The van der Waals surface area contributed by atoms with Crippen molar-refractivity contribution < 1.29 is 19.1 Å². The maximum Gasteiger partial charge on any atom is 0.338 e. The van der Waals surface area contributed by atoms with Crippen LogP contribution in [0.2, 0.25) is 0 Å². The highest BCUT2D eigenvalue weighted by Crippen LogP contribution is 2.26. The summed E-state index contributed by atoms with van der Waals surface area (Å²) in [5, 5.41) is 0. The smallest absolute Gasteiger partial charge is 0.338 e. The summed E-state index contributed by atoms with van der Waals surface area (Å²) in [6.07, 6.45) is 63.4. The number of rotatable bonds is 55. The van der Waals surface area contributed by atoms with Gasteiger partial charge in [0, 0.05) is 0 Å². The Kier molecular flexibility index (Phi) is 46.7. The highest BCUT2D eigenvalue weighted by molar-refractivity contribution is 5.92. The fourth-order valence-electron chi connectivity index (χ4n) is 11.3. The molecule has 0 unspecified atom stereocenters. The van der Waals surface area contributed by atoms with Gasteiger partial charge in [0.15, 0.2) is 0 Å². The third kappa shape index (κ3) is 36.4. The predicted molar refractivity (Wildman–Crippen MR) is 323 cm³/mol. The van der Waals surface area contributed by atoms with E-state index >= 15 is 0 Å². The maximum atomic E-state index is 13.6. The molecule has 0 spiro atoms. The van der Waals surface area contributed by atoms with E-state index in [1.54, 1.807) is 0 Å². The van der Waals surface area contributed by atoms with Crippen LogP contribution >= 0.6 is 0 Å². The van der Waals surface area contributed by atoms with E-state index in [-0.39, 0.29) is 11.9 Å². The molecule has 0 radical (unpaired) electrons. The summed E-state index contributed by atoms with van der Waals surface area (Å²) >= 11 is 0. The zero-order chi connectivity index (χ0) is 53.0. The molecular formula is C70H122O4. The highest BCUT2D eigenvalue weighted by atomic mass is 16.5. The minimum absolute atomic E-state index is 0.108. The Bertz CT molecular complexity index is 1450. The first-order valence-electron chi connectivity index (χ1n) is 33.1. The fourth-order valence-corrected chi connectivity index (χ4v) is 11.3. The summed E-state index contributed by atoms with van der Waals surface area (Å²) in [5.41, 5.74) is 6.91. The molecule has 0 aliphatic rings. The van der Waals surface area contributed by atoms with Gasteiger partial charge in [-0.15, -0.1) is 0 Å². The van der Waals surface area contributed by atoms with Crippen LogP contribution < -0.4 is 0 Å². The molecule has 4 nitrogen and oxygen atoms in total. The Balaban J connectivity index is 1.90. The van der Waals surface area contributed by atoms with E-state index in [1.807, 2.05) is 12.1 Å². The standard InChI is InChI=1S/C70H122O4/c1-5-9-13-17-21-25-29-33-41-47-57-65-63(55-51-59-67(65)69(71)73-61-49-43-37-31-27-23-19-15-11-7-3)53-45-39-35-36-40-46-54-64-56-52-60-68(66(64)58-48-42-34-30-26-22-18-14-10-6-2)70(72)74-62-50-44-38-32-28-24-20-16-12-8-4/h51-52,55-56,59-60H,5-50,53-54,57-58,61-62H2,1-4H3. The lowest BCUT2D eigenvalue weighted by Gasteiger charge is -2.15. The Labute approximate surface area is 460 Å². The van der Waals surface area contributed by atoms with Crippen molar-refractivity contribution in [3.8, 4) is 0 Å². The number of aryl methyl sites for hydroxylation is 2. The van der Waals surface area contributed by atoms with Gasteiger partial charge in [-0.2, -0.15) is 0 Å². The van der Waals surface area contributed by atoms with Crippen molar-refractivity contribution in [2.75, 3.05) is 13.2 Å². The van der Waals surface area contributed by atoms with Crippen molar-refractivity contribution in [3.05, 3.63) is 69.8 Å². The van der Waals surface area contributed by atoms with Crippen molar-refractivity contribution in [1.82, 2.24) is 0 Å². The van der Waals surface area contributed by atoms with Crippen LogP contribution in [-0.2, 0) is 35.2 Å². The van der Waals surface area contributed by atoms with Crippen molar-refractivity contribution in [2.24, 2.45) is 0 Å². The van der Waals surface area contributed by atoms with Gasteiger partial charge in [0.1, 0.15) is 0 Å². The first-order chi connectivity index (χ1) is 36.6. The maximum absolute atomic E-state index is 13.6. The molecule has 0 aliphatic heterocycles. The predicted octanol–water partition coefficient (Wildman–Crippen LogP) is 22.9. The summed E-state index contributed by atoms with van der Waals surface area (Å²) in [6.45, 7) is 10.2. The van der Waals surface area contributed by atoms with Gasteiger partial charge >= 0.3 is 11.9 Å². The lowest BCUT2D eigenvalue weighted by Crippen LogP contribution is -2.12. The summed E-state index contributed by atoms with van der Waals surface area (Å²) < 4.78 is 11.9. The van der Waals surface area contributed by atoms with E-state index in [2.05, 4.69) is 52.0 Å². The van der Waals surface area contributed by atoms with E-state index < -0.39 is 0 Å². The SMILES string of the molecule is CCCCCCCCCCCCOC(=O)c1cccc(CCCCCCCCc2cccc(C(=O)OCCCCCCCCCCCC)c2CCCCCCCCCCCC)c1CCCCCCCCCCCC. The number of unbranched alkanes of at least 4 members (excludes halogenated alkanes) is 41. The molecule has 74 heavy (non-hydrogen) atoms. The van der Waals surface area contributed by atoms with E-state index in [9.17, 15) is 9.59 Å². The minimum atomic E-state index is -0.108. The number of hydrogen-bond donors (Lipinski definition) is 0. The average Bonchev–Trinajstić information content (AvgIpc) is 3.41. The Morgan fingerprint density at radius 2 is 0.486 bits per heavy atom. The van der Waals surface area contributed by atoms with Gasteiger partial charge in [0.05, 0.1) is 24.3 Å². The molecule has 0 fully saturated rings. The summed E-state index contributed by atoms with van der Waals surface area (Å²) in [5.74, 6) is -0.216. The molecule has 0 aliphatic carbocycles. The first-order valence-corrected chi connectivity index (χ1v) is 33.1. The normalized spacial score (nSPS) is 11.5. The van der Waals surface area contributed by atoms with Gasteiger partial charge in [-0.25, -0.2) is 9.59 Å². The van der Waals surface area contributed by atoms with Crippen LogP contribution in [0.3, 0.4) is 0 Å². The first kappa shape index (κ1) is 67.5. The van der Waals surface area contributed by atoms with Crippen molar-refractivity contribution in [3.63, 3.8) is 0 Å². The number of carbonyl (C=O) groups excluding carboxylic acids is 2. The van der Waals surface area contributed by atoms with E-state index in [1.165, 1.54) is 266 Å². The molecule has 2 rings (SSSR count). The van der Waals surface area contributed by atoms with Crippen LogP contribution in [0.15, 0.2) is 36.4 Å². The summed E-state index contributed by atoms with van der Waals surface area (Å²) in [4.78, 5) is 27.2. The molecule has 0 amide bonds. The Morgan fingerprint density at radius 1 is 0.270 bits per heavy atom. The van der Waals surface area contributed by atoms with Crippen molar-refractivity contribution >= 4 is 11.9 Å². The van der Waals surface area contributed by atoms with Gasteiger partial charge in [-0.1, -0.05) is 309 Å². The number of esters is 2. The van der Waals surface area contributed by atoms with Crippen LogP contribution in [0.25, 0.3) is 0 Å². The van der Waals surface area contributed by atoms with Gasteiger partial charge in [0.2, 0.25) is 0 Å². The third-order valence-corrected chi connectivity index (χ3v) is 16.2. The molecule has 0 saturated carbocycles. The molecule has 0 bridgehead atoms. The minimum Gasteiger partial charge on any atom is -0.462 e. The van der Waals surface area contributed by atoms with Gasteiger partial charge in [0.25, 0.3) is 0 Å². The second kappa shape index (κ2) is 51.2. The Morgan fingerprint density at radius 3 is 0.743 bits per heavy atom. The average molecular weight is 1030 g/mol. The van der Waals surface area contributed by atoms with E-state index in [0.717, 1.165) is 88.2 Å². The molecule has 426 valence electrons. The van der Waals surface area contributed by atoms with Crippen LogP contribution in [0.5, 0.6) is 0 Å². The summed E-state index contributed by atoms with van der Waals surface area (Å²) in [7, 11) is 0. The zero-order valence-corrected chi connectivity index (χ0v) is 49.9.